The average molecular weight is 274 g/mol. The van der Waals surface area contributed by atoms with Crippen molar-refractivity contribution in [1.29, 1.82) is 0 Å². The first-order chi connectivity index (χ1) is 9.63. The van der Waals surface area contributed by atoms with Gasteiger partial charge < -0.3 is 15.0 Å². The minimum Gasteiger partial charge on any atom is -0.378 e. The molecule has 1 N–H and O–H groups in total. The number of carbonyl (C=O) groups excluding carboxylic acids is 2. The highest BCUT2D eigenvalue weighted by Crippen LogP contribution is 2.25. The fraction of sp³-hybridized carbons (Fsp3) is 0.467. The topological polar surface area (TPSA) is 58.6 Å². The van der Waals surface area contributed by atoms with Crippen molar-refractivity contribution in [3.05, 3.63) is 29.3 Å². The van der Waals surface area contributed by atoms with Crippen molar-refractivity contribution in [1.82, 2.24) is 4.90 Å². The van der Waals surface area contributed by atoms with Crippen LogP contribution in [0.3, 0.4) is 0 Å². The third kappa shape index (κ3) is 2.54. The number of amides is 2. The Kier molecular flexibility index (Phi) is 3.44. The quantitative estimate of drug-likeness (QED) is 0.861. The van der Waals surface area contributed by atoms with E-state index in [9.17, 15) is 9.59 Å². The molecule has 0 radical (unpaired) electrons. The van der Waals surface area contributed by atoms with E-state index in [0.717, 1.165) is 30.7 Å². The normalized spacial score (nSPS) is 21.6. The highest BCUT2D eigenvalue weighted by atomic mass is 16.5. The largest absolute Gasteiger partial charge is 0.378 e. The van der Waals surface area contributed by atoms with Crippen molar-refractivity contribution < 1.29 is 14.3 Å². The van der Waals surface area contributed by atoms with Gasteiger partial charge in [-0.25, -0.2) is 4.79 Å². The number of hydrogen-bond acceptors (Lipinski definition) is 3. The van der Waals surface area contributed by atoms with E-state index in [1.807, 2.05) is 12.1 Å². The number of ether oxygens (including phenoxy) is 1. The van der Waals surface area contributed by atoms with Gasteiger partial charge in [0.25, 0.3) is 0 Å². The molecular weight excluding hydrogens is 256 g/mol. The number of hydrogen-bond donors (Lipinski definition) is 1. The molecule has 0 aromatic heterocycles. The molecule has 5 heteroatoms. The molecule has 2 aliphatic heterocycles. The number of carbonyl (C=O) groups is 2. The lowest BCUT2D eigenvalue weighted by Gasteiger charge is -2.26. The summed E-state index contributed by atoms with van der Waals surface area (Å²) in [6.45, 7) is 1.29. The standard InChI is InChI=1S/C15H18N2O3/c1-17-9-11-7-10(4-5-13(11)16-15(17)19)14(18)8-12-3-2-6-20-12/h4-5,7,12H,2-3,6,8-9H2,1H3,(H,16,19). The third-order valence-electron chi connectivity index (χ3n) is 3.86. The van der Waals surface area contributed by atoms with Crippen molar-refractivity contribution in [3.8, 4) is 0 Å². The number of anilines is 1. The predicted octanol–water partition coefficient (Wildman–Crippen LogP) is 2.42. The molecule has 0 bridgehead atoms. The van der Waals surface area contributed by atoms with Gasteiger partial charge in [-0.3, -0.25) is 4.79 Å². The minimum absolute atomic E-state index is 0.0703. The summed E-state index contributed by atoms with van der Waals surface area (Å²) >= 11 is 0. The van der Waals surface area contributed by atoms with Crippen LogP contribution in [0.4, 0.5) is 10.5 Å². The van der Waals surface area contributed by atoms with Crippen LogP contribution >= 0.6 is 0 Å². The van der Waals surface area contributed by atoms with E-state index in [0.29, 0.717) is 18.5 Å². The molecule has 20 heavy (non-hydrogen) atoms. The van der Waals surface area contributed by atoms with E-state index >= 15 is 0 Å². The molecule has 5 nitrogen and oxygen atoms in total. The van der Waals surface area contributed by atoms with E-state index in [1.165, 1.54) is 0 Å². The van der Waals surface area contributed by atoms with Gasteiger partial charge in [-0.1, -0.05) is 0 Å². The summed E-state index contributed by atoms with van der Waals surface area (Å²) in [6, 6.07) is 5.35. The fourth-order valence-corrected chi connectivity index (χ4v) is 2.69. The van der Waals surface area contributed by atoms with Crippen molar-refractivity contribution >= 4 is 17.5 Å². The monoisotopic (exact) mass is 274 g/mol. The summed E-state index contributed by atoms with van der Waals surface area (Å²) in [5.74, 6) is 0.110. The summed E-state index contributed by atoms with van der Waals surface area (Å²) in [6.07, 6.45) is 2.52. The molecule has 0 spiro atoms. The Morgan fingerprint density at radius 3 is 3.10 bits per heavy atom. The second-order valence-corrected chi connectivity index (χ2v) is 5.42. The summed E-state index contributed by atoms with van der Waals surface area (Å²) < 4.78 is 5.50. The van der Waals surface area contributed by atoms with Crippen LogP contribution in [0.25, 0.3) is 0 Å². The number of nitrogens with zero attached hydrogens (tertiary/aromatic N) is 1. The minimum atomic E-state index is -0.115. The number of Topliss-reactive ketones (excluding diaryl/α,β-unsaturated/α-hetero) is 1. The first-order valence-electron chi connectivity index (χ1n) is 6.93. The maximum atomic E-state index is 12.3. The van der Waals surface area contributed by atoms with Crippen LogP contribution in [-0.2, 0) is 11.3 Å². The molecule has 1 unspecified atom stereocenters. The molecule has 1 atom stereocenters. The Morgan fingerprint density at radius 1 is 1.50 bits per heavy atom. The summed E-state index contributed by atoms with van der Waals surface area (Å²) in [5, 5.41) is 2.80. The SMILES string of the molecule is CN1Cc2cc(C(=O)CC3CCCO3)ccc2NC1=O. The van der Waals surface area contributed by atoms with E-state index in [-0.39, 0.29) is 17.9 Å². The maximum Gasteiger partial charge on any atom is 0.321 e. The molecule has 2 heterocycles. The van der Waals surface area contributed by atoms with Crippen molar-refractivity contribution in [3.63, 3.8) is 0 Å². The lowest BCUT2D eigenvalue weighted by atomic mass is 10.00. The Labute approximate surface area is 117 Å². The Morgan fingerprint density at radius 2 is 2.35 bits per heavy atom. The third-order valence-corrected chi connectivity index (χ3v) is 3.86. The van der Waals surface area contributed by atoms with Crippen LogP contribution in [0.1, 0.15) is 35.2 Å². The van der Waals surface area contributed by atoms with Crippen LogP contribution in [-0.4, -0.2) is 36.5 Å². The number of rotatable bonds is 3. The Hall–Kier alpha value is -1.88. The highest BCUT2D eigenvalue weighted by molar-refractivity contribution is 5.98. The average Bonchev–Trinajstić information content (AvgIpc) is 2.92. The van der Waals surface area contributed by atoms with Gasteiger partial charge in [0.15, 0.2) is 5.78 Å². The highest BCUT2D eigenvalue weighted by Gasteiger charge is 2.23. The van der Waals surface area contributed by atoms with Gasteiger partial charge in [0.2, 0.25) is 0 Å². The maximum absolute atomic E-state index is 12.3. The van der Waals surface area contributed by atoms with Gasteiger partial charge in [-0.2, -0.15) is 0 Å². The van der Waals surface area contributed by atoms with Gasteiger partial charge in [0.05, 0.1) is 6.10 Å². The van der Waals surface area contributed by atoms with Crippen molar-refractivity contribution in [2.24, 2.45) is 0 Å². The molecular formula is C15H18N2O3. The number of nitrogens with one attached hydrogen (secondary N) is 1. The van der Waals surface area contributed by atoms with E-state index in [2.05, 4.69) is 5.32 Å². The molecule has 1 fully saturated rings. The van der Waals surface area contributed by atoms with Gasteiger partial charge in [0.1, 0.15) is 0 Å². The second-order valence-electron chi connectivity index (χ2n) is 5.42. The van der Waals surface area contributed by atoms with Gasteiger partial charge in [-0.15, -0.1) is 0 Å². The molecule has 2 amide bonds. The van der Waals surface area contributed by atoms with Crippen LogP contribution in [0.15, 0.2) is 18.2 Å². The number of ketones is 1. The van der Waals surface area contributed by atoms with E-state index in [4.69, 9.17) is 4.74 Å². The molecule has 0 aliphatic carbocycles. The zero-order chi connectivity index (χ0) is 14.1. The van der Waals surface area contributed by atoms with Crippen LogP contribution in [0.2, 0.25) is 0 Å². The summed E-state index contributed by atoms with van der Waals surface area (Å²) in [5.41, 5.74) is 2.47. The molecule has 1 aromatic rings. The summed E-state index contributed by atoms with van der Waals surface area (Å²) in [7, 11) is 1.74. The van der Waals surface area contributed by atoms with Crippen LogP contribution < -0.4 is 5.32 Å². The lowest BCUT2D eigenvalue weighted by molar-refractivity contribution is 0.0775. The number of urea groups is 1. The van der Waals surface area contributed by atoms with Crippen molar-refractivity contribution in [2.45, 2.75) is 31.9 Å². The molecule has 0 saturated carbocycles. The lowest BCUT2D eigenvalue weighted by Crippen LogP contribution is -2.35. The molecule has 106 valence electrons. The molecule has 3 rings (SSSR count). The van der Waals surface area contributed by atoms with Crippen molar-refractivity contribution in [2.75, 3.05) is 19.0 Å². The van der Waals surface area contributed by atoms with Gasteiger partial charge in [0, 0.05) is 37.9 Å². The zero-order valence-electron chi connectivity index (χ0n) is 11.5. The summed E-state index contributed by atoms with van der Waals surface area (Å²) in [4.78, 5) is 25.4. The predicted molar refractivity (Wildman–Crippen MR) is 74.8 cm³/mol. The Balaban J connectivity index is 1.76. The zero-order valence-corrected chi connectivity index (χ0v) is 11.5. The number of benzene rings is 1. The second kappa shape index (κ2) is 5.25. The number of fused-ring (bicyclic) bond motifs is 1. The fourth-order valence-electron chi connectivity index (χ4n) is 2.69. The molecule has 1 aromatic carbocycles. The van der Waals surface area contributed by atoms with E-state index in [1.54, 1.807) is 18.0 Å². The molecule has 2 aliphatic rings. The van der Waals surface area contributed by atoms with E-state index < -0.39 is 0 Å². The first kappa shape index (κ1) is 13.1. The van der Waals surface area contributed by atoms with Crippen LogP contribution in [0, 0.1) is 0 Å². The van der Waals surface area contributed by atoms with Crippen LogP contribution in [0.5, 0.6) is 0 Å². The van der Waals surface area contributed by atoms with Gasteiger partial charge in [-0.05, 0) is 36.6 Å². The molecule has 1 saturated heterocycles. The van der Waals surface area contributed by atoms with Gasteiger partial charge >= 0.3 is 6.03 Å². The smallest absolute Gasteiger partial charge is 0.321 e. The first-order valence-corrected chi connectivity index (χ1v) is 6.93. The Bertz CT molecular complexity index is 550.